The van der Waals surface area contributed by atoms with Crippen LogP contribution in [-0.4, -0.2) is 23.2 Å². The number of unbranched alkanes of at least 4 members (excludes halogenated alkanes) is 4. The van der Waals surface area contributed by atoms with E-state index in [0.29, 0.717) is 31.5 Å². The third-order valence-corrected chi connectivity index (χ3v) is 4.93. The fourth-order valence-electron chi connectivity index (χ4n) is 3.58. The molecule has 2 aliphatic rings. The Hall–Kier alpha value is -0.680. The lowest BCUT2D eigenvalue weighted by molar-refractivity contribution is -0.524. The molecule has 1 saturated heterocycles. The van der Waals surface area contributed by atoms with E-state index in [2.05, 4.69) is 6.92 Å². The molecule has 3 unspecified atom stereocenters. The predicted octanol–water partition coefficient (Wildman–Crippen LogP) is 4.82. The van der Waals surface area contributed by atoms with Gasteiger partial charge in [0.2, 0.25) is 12.3 Å². The van der Waals surface area contributed by atoms with Crippen molar-refractivity contribution >= 4 is 0 Å². The van der Waals surface area contributed by atoms with Crippen LogP contribution in [0.15, 0.2) is 0 Å². The largest absolute Gasteiger partial charge is 0.342 e. The van der Waals surface area contributed by atoms with E-state index in [9.17, 15) is 10.1 Å². The number of fused-ring (bicyclic) bond motifs is 2. The SMILES string of the molecule is [CH2]CCCCCCC(CCC[C]1OC2CCCC(C2)O1)[N+](=O)[O-]. The minimum absolute atomic E-state index is 0.108. The fourth-order valence-corrected chi connectivity index (χ4v) is 3.58. The molecule has 0 N–H and O–H groups in total. The highest BCUT2D eigenvalue weighted by Gasteiger charge is 2.34. The Morgan fingerprint density at radius 3 is 2.39 bits per heavy atom. The first kappa shape index (κ1) is 18.7. The zero-order valence-electron chi connectivity index (χ0n) is 14.2. The van der Waals surface area contributed by atoms with Crippen molar-refractivity contribution in [2.45, 2.75) is 102 Å². The third kappa shape index (κ3) is 6.76. The Balaban J connectivity index is 1.61. The second kappa shape index (κ2) is 10.2. The lowest BCUT2D eigenvalue weighted by Crippen LogP contribution is -2.37. The van der Waals surface area contributed by atoms with Crippen molar-refractivity contribution in [1.29, 1.82) is 0 Å². The van der Waals surface area contributed by atoms with Crippen molar-refractivity contribution < 1.29 is 14.4 Å². The number of rotatable bonds is 11. The van der Waals surface area contributed by atoms with Crippen LogP contribution in [0.25, 0.3) is 0 Å². The van der Waals surface area contributed by atoms with Crippen LogP contribution in [0.1, 0.15) is 83.5 Å². The Bertz CT molecular complexity index is 338. The van der Waals surface area contributed by atoms with Crippen molar-refractivity contribution in [3.63, 3.8) is 0 Å². The molecule has 5 heteroatoms. The molecule has 132 valence electrons. The summed E-state index contributed by atoms with van der Waals surface area (Å²) >= 11 is 0. The van der Waals surface area contributed by atoms with Gasteiger partial charge in [0.15, 0.2) is 0 Å². The smallest absolute Gasteiger partial charge is 0.224 e. The van der Waals surface area contributed by atoms with Gasteiger partial charge in [-0.2, -0.15) is 0 Å². The van der Waals surface area contributed by atoms with E-state index in [-0.39, 0.29) is 4.92 Å². The molecule has 1 aliphatic heterocycles. The molecule has 2 bridgehead atoms. The molecule has 3 atom stereocenters. The lowest BCUT2D eigenvalue weighted by atomic mass is 9.93. The van der Waals surface area contributed by atoms with Gasteiger partial charge < -0.3 is 9.47 Å². The zero-order chi connectivity index (χ0) is 16.5. The molecule has 0 aromatic carbocycles. The molecule has 0 amide bonds. The summed E-state index contributed by atoms with van der Waals surface area (Å²) in [5.41, 5.74) is 0. The van der Waals surface area contributed by atoms with Crippen molar-refractivity contribution in [3.8, 4) is 0 Å². The van der Waals surface area contributed by atoms with Gasteiger partial charge in [0, 0.05) is 30.6 Å². The summed E-state index contributed by atoms with van der Waals surface area (Å²) in [6.45, 7) is 3.82. The molecule has 1 saturated carbocycles. The van der Waals surface area contributed by atoms with E-state index in [1.54, 1.807) is 0 Å². The van der Waals surface area contributed by atoms with Gasteiger partial charge in [0.1, 0.15) is 0 Å². The normalized spacial score (nSPS) is 26.1. The average molecular weight is 325 g/mol. The van der Waals surface area contributed by atoms with Crippen molar-refractivity contribution in [1.82, 2.24) is 0 Å². The van der Waals surface area contributed by atoms with Gasteiger partial charge in [-0.3, -0.25) is 10.1 Å². The van der Waals surface area contributed by atoms with Crippen molar-refractivity contribution in [3.05, 3.63) is 23.3 Å². The van der Waals surface area contributed by atoms with E-state index >= 15 is 0 Å². The highest BCUT2D eigenvalue weighted by molar-refractivity contribution is 4.84. The van der Waals surface area contributed by atoms with Crippen LogP contribution in [0, 0.1) is 23.3 Å². The van der Waals surface area contributed by atoms with Gasteiger partial charge in [-0.05, 0) is 32.1 Å². The minimum atomic E-state index is -0.418. The predicted molar refractivity (Wildman–Crippen MR) is 89.1 cm³/mol. The van der Waals surface area contributed by atoms with E-state index in [1.165, 1.54) is 6.42 Å². The topological polar surface area (TPSA) is 61.6 Å². The van der Waals surface area contributed by atoms with Crippen molar-refractivity contribution in [2.75, 3.05) is 0 Å². The highest BCUT2D eigenvalue weighted by atomic mass is 16.7. The quantitative estimate of drug-likeness (QED) is 0.310. The summed E-state index contributed by atoms with van der Waals surface area (Å²) in [7, 11) is 0. The molecular weight excluding hydrogens is 294 g/mol. The number of hydrogen-bond donors (Lipinski definition) is 0. The van der Waals surface area contributed by atoms with E-state index in [1.807, 2.05) is 0 Å². The summed E-state index contributed by atoms with van der Waals surface area (Å²) in [6, 6.07) is -0.418. The first-order valence-electron chi connectivity index (χ1n) is 9.31. The number of nitro groups is 1. The van der Waals surface area contributed by atoms with Crippen LogP contribution in [0.3, 0.4) is 0 Å². The van der Waals surface area contributed by atoms with Crippen LogP contribution < -0.4 is 0 Å². The van der Waals surface area contributed by atoms with Crippen LogP contribution >= 0.6 is 0 Å². The van der Waals surface area contributed by atoms with Crippen molar-refractivity contribution in [2.24, 2.45) is 0 Å². The van der Waals surface area contributed by atoms with E-state index < -0.39 is 6.04 Å². The molecule has 0 aromatic heterocycles. The van der Waals surface area contributed by atoms with Gasteiger partial charge in [0.25, 0.3) is 0 Å². The summed E-state index contributed by atoms with van der Waals surface area (Å²) < 4.78 is 11.7. The summed E-state index contributed by atoms with van der Waals surface area (Å²) in [4.78, 5) is 11.1. The van der Waals surface area contributed by atoms with Gasteiger partial charge in [-0.15, -0.1) is 0 Å². The Labute approximate surface area is 140 Å². The first-order valence-corrected chi connectivity index (χ1v) is 9.31. The summed E-state index contributed by atoms with van der Waals surface area (Å²) in [5, 5.41) is 11.2. The number of ether oxygens (including phenoxy) is 2. The molecule has 5 nitrogen and oxygen atoms in total. The summed E-state index contributed by atoms with van der Waals surface area (Å²) in [5.74, 6) is 0. The molecule has 1 aliphatic carbocycles. The average Bonchev–Trinajstić information content (AvgIpc) is 2.52. The molecule has 0 spiro atoms. The maximum Gasteiger partial charge on any atom is 0.224 e. The minimum Gasteiger partial charge on any atom is -0.342 e. The lowest BCUT2D eigenvalue weighted by Gasteiger charge is -2.38. The number of hydrogen-bond acceptors (Lipinski definition) is 4. The maximum absolute atomic E-state index is 11.2. The van der Waals surface area contributed by atoms with Gasteiger partial charge in [-0.25, -0.2) is 0 Å². The van der Waals surface area contributed by atoms with E-state index in [0.717, 1.165) is 64.1 Å². The second-order valence-electron chi connectivity index (χ2n) is 6.91. The van der Waals surface area contributed by atoms with Crippen LogP contribution in [0.5, 0.6) is 0 Å². The second-order valence-corrected chi connectivity index (χ2v) is 6.91. The van der Waals surface area contributed by atoms with Crippen LogP contribution in [0.2, 0.25) is 0 Å². The summed E-state index contributed by atoms with van der Waals surface area (Å²) in [6.07, 6.45) is 13.8. The number of nitrogens with zero attached hydrogens (tertiary/aromatic N) is 1. The highest BCUT2D eigenvalue weighted by Crippen LogP contribution is 2.35. The molecular formula is C18H31NO4. The van der Waals surface area contributed by atoms with E-state index in [4.69, 9.17) is 9.47 Å². The monoisotopic (exact) mass is 325 g/mol. The van der Waals surface area contributed by atoms with Crippen LogP contribution in [-0.2, 0) is 9.47 Å². The first-order chi connectivity index (χ1) is 11.2. The molecule has 2 rings (SSSR count). The molecule has 2 radical (unpaired) electrons. The molecule has 1 heterocycles. The fraction of sp³-hybridized carbons (Fsp3) is 0.889. The van der Waals surface area contributed by atoms with Gasteiger partial charge in [-0.1, -0.05) is 32.6 Å². The molecule has 23 heavy (non-hydrogen) atoms. The Morgan fingerprint density at radius 2 is 1.74 bits per heavy atom. The van der Waals surface area contributed by atoms with Gasteiger partial charge >= 0.3 is 0 Å². The third-order valence-electron chi connectivity index (χ3n) is 4.93. The molecule has 0 aromatic rings. The zero-order valence-corrected chi connectivity index (χ0v) is 14.2. The maximum atomic E-state index is 11.2. The van der Waals surface area contributed by atoms with Crippen LogP contribution in [0.4, 0.5) is 0 Å². The molecule has 2 fully saturated rings. The van der Waals surface area contributed by atoms with Gasteiger partial charge in [0.05, 0.1) is 12.2 Å². The Morgan fingerprint density at radius 1 is 1.09 bits per heavy atom. The Kier molecular flexibility index (Phi) is 8.31. The standard InChI is InChI=1S/C18H31NO4/c1-2-3-4-5-6-9-15(19(20)21)10-7-13-18-22-16-11-8-12-17(14-16)23-18/h15-17H,1-14H2.